The molecule has 1 fully saturated rings. The number of amides is 1. The van der Waals surface area contributed by atoms with E-state index in [1.165, 1.54) is 0 Å². The van der Waals surface area contributed by atoms with E-state index in [0.29, 0.717) is 0 Å². The molecule has 0 saturated heterocycles. The first-order chi connectivity index (χ1) is 8.61. The Morgan fingerprint density at radius 1 is 1.44 bits per heavy atom. The molecular weight excluding hydrogens is 228 g/mol. The minimum Gasteiger partial charge on any atom is -0.497 e. The Morgan fingerprint density at radius 2 is 2.22 bits per heavy atom. The van der Waals surface area contributed by atoms with Crippen LogP contribution in [0, 0.1) is 5.92 Å². The summed E-state index contributed by atoms with van der Waals surface area (Å²) in [5.74, 6) is 0.975. The third-order valence-corrected chi connectivity index (χ3v) is 3.59. The lowest BCUT2D eigenvalue weighted by Gasteiger charge is -2.21. The maximum Gasteiger partial charge on any atom is 0.229 e. The largest absolute Gasteiger partial charge is 0.497 e. The third-order valence-electron chi connectivity index (χ3n) is 3.59. The molecule has 1 saturated carbocycles. The molecular formula is C14H20N2O2. The first-order valence-electron chi connectivity index (χ1n) is 6.29. The van der Waals surface area contributed by atoms with Crippen LogP contribution in [0.25, 0.3) is 0 Å². The number of methoxy groups -OCH3 is 1. The molecule has 2 N–H and O–H groups in total. The van der Waals surface area contributed by atoms with Crippen molar-refractivity contribution in [3.8, 4) is 5.75 Å². The minimum atomic E-state index is 0.0659. The smallest absolute Gasteiger partial charge is 0.229 e. The number of rotatable bonds is 3. The molecule has 18 heavy (non-hydrogen) atoms. The predicted octanol–water partition coefficient (Wildman–Crippen LogP) is 1.79. The zero-order valence-corrected chi connectivity index (χ0v) is 10.9. The molecule has 0 bridgehead atoms. The van der Waals surface area contributed by atoms with Crippen molar-refractivity contribution in [2.75, 3.05) is 19.1 Å². The minimum absolute atomic E-state index is 0.0659. The van der Waals surface area contributed by atoms with Crippen LogP contribution >= 0.6 is 0 Å². The summed E-state index contributed by atoms with van der Waals surface area (Å²) in [4.78, 5) is 14.0. The molecule has 1 aliphatic rings. The third kappa shape index (κ3) is 2.64. The van der Waals surface area contributed by atoms with E-state index in [2.05, 4.69) is 0 Å². The number of benzene rings is 1. The monoisotopic (exact) mass is 248 g/mol. The second kappa shape index (κ2) is 5.40. The molecule has 2 unspecified atom stereocenters. The summed E-state index contributed by atoms with van der Waals surface area (Å²) in [6.45, 7) is 0. The van der Waals surface area contributed by atoms with Gasteiger partial charge in [-0.1, -0.05) is 6.07 Å². The molecule has 0 spiro atoms. The Kier molecular flexibility index (Phi) is 3.87. The molecule has 1 aliphatic carbocycles. The molecule has 0 aromatic heterocycles. The standard InChI is InChI=1S/C14H20N2O2/c1-16(12-4-3-5-13(9-12)18-2)14(17)10-6-7-11(15)8-10/h3-5,9-11H,6-8,15H2,1-2H3. The molecule has 4 heteroatoms. The first kappa shape index (κ1) is 12.9. The highest BCUT2D eigenvalue weighted by atomic mass is 16.5. The van der Waals surface area contributed by atoms with Crippen LogP contribution in [0.5, 0.6) is 5.75 Å². The maximum absolute atomic E-state index is 12.3. The second-order valence-corrected chi connectivity index (χ2v) is 4.87. The highest BCUT2D eigenvalue weighted by molar-refractivity contribution is 5.94. The summed E-state index contributed by atoms with van der Waals surface area (Å²) in [5, 5.41) is 0. The van der Waals surface area contributed by atoms with Gasteiger partial charge < -0.3 is 15.4 Å². The van der Waals surface area contributed by atoms with Gasteiger partial charge in [-0.3, -0.25) is 4.79 Å². The number of carbonyl (C=O) groups is 1. The average Bonchev–Trinajstić information content (AvgIpc) is 2.83. The van der Waals surface area contributed by atoms with E-state index in [1.807, 2.05) is 24.3 Å². The van der Waals surface area contributed by atoms with Crippen LogP contribution in [-0.2, 0) is 4.79 Å². The van der Waals surface area contributed by atoms with Gasteiger partial charge in [-0.25, -0.2) is 0 Å². The van der Waals surface area contributed by atoms with Crippen LogP contribution < -0.4 is 15.4 Å². The molecule has 0 aliphatic heterocycles. The highest BCUT2D eigenvalue weighted by Gasteiger charge is 2.30. The van der Waals surface area contributed by atoms with Crippen LogP contribution in [0.15, 0.2) is 24.3 Å². The average molecular weight is 248 g/mol. The normalized spacial score (nSPS) is 22.8. The SMILES string of the molecule is COc1cccc(N(C)C(=O)C2CCC(N)C2)c1. The summed E-state index contributed by atoms with van der Waals surface area (Å²) in [6, 6.07) is 7.71. The summed E-state index contributed by atoms with van der Waals surface area (Å²) in [5.41, 5.74) is 6.72. The van der Waals surface area contributed by atoms with E-state index in [4.69, 9.17) is 10.5 Å². The maximum atomic E-state index is 12.3. The number of ether oxygens (including phenoxy) is 1. The van der Waals surface area contributed by atoms with E-state index in [0.717, 1.165) is 30.7 Å². The van der Waals surface area contributed by atoms with E-state index in [9.17, 15) is 4.79 Å². The Balaban J connectivity index is 2.10. The van der Waals surface area contributed by atoms with E-state index in [-0.39, 0.29) is 17.9 Å². The van der Waals surface area contributed by atoms with Crippen LogP contribution in [0.1, 0.15) is 19.3 Å². The molecule has 0 heterocycles. The molecule has 1 aromatic carbocycles. The summed E-state index contributed by atoms with van der Waals surface area (Å²) in [7, 11) is 3.43. The van der Waals surface area contributed by atoms with E-state index >= 15 is 0 Å². The van der Waals surface area contributed by atoms with Gasteiger partial charge in [0.2, 0.25) is 5.91 Å². The van der Waals surface area contributed by atoms with Gasteiger partial charge in [0.1, 0.15) is 5.75 Å². The lowest BCUT2D eigenvalue weighted by Crippen LogP contribution is -2.32. The number of hydrogen-bond acceptors (Lipinski definition) is 3. The summed E-state index contributed by atoms with van der Waals surface area (Å²) in [6.07, 6.45) is 2.64. The fourth-order valence-electron chi connectivity index (χ4n) is 2.46. The van der Waals surface area contributed by atoms with Crippen LogP contribution in [0.4, 0.5) is 5.69 Å². The lowest BCUT2D eigenvalue weighted by molar-refractivity contribution is -0.121. The van der Waals surface area contributed by atoms with Gasteiger partial charge in [-0.05, 0) is 31.4 Å². The zero-order valence-electron chi connectivity index (χ0n) is 10.9. The van der Waals surface area contributed by atoms with Crippen molar-refractivity contribution in [1.82, 2.24) is 0 Å². The Morgan fingerprint density at radius 3 is 2.83 bits per heavy atom. The van der Waals surface area contributed by atoms with Gasteiger partial charge in [0.15, 0.2) is 0 Å². The molecule has 4 nitrogen and oxygen atoms in total. The summed E-state index contributed by atoms with van der Waals surface area (Å²) < 4.78 is 5.17. The fourth-order valence-corrected chi connectivity index (χ4v) is 2.46. The molecule has 1 amide bonds. The molecule has 98 valence electrons. The topological polar surface area (TPSA) is 55.6 Å². The summed E-state index contributed by atoms with van der Waals surface area (Å²) >= 11 is 0. The van der Waals surface area contributed by atoms with Crippen molar-refractivity contribution in [1.29, 1.82) is 0 Å². The van der Waals surface area contributed by atoms with Crippen LogP contribution in [0.2, 0.25) is 0 Å². The Hall–Kier alpha value is -1.55. The van der Waals surface area contributed by atoms with Gasteiger partial charge in [-0.2, -0.15) is 0 Å². The van der Waals surface area contributed by atoms with Crippen molar-refractivity contribution in [2.24, 2.45) is 11.7 Å². The fraction of sp³-hybridized carbons (Fsp3) is 0.500. The van der Waals surface area contributed by atoms with E-state index in [1.54, 1.807) is 19.1 Å². The van der Waals surface area contributed by atoms with Crippen LogP contribution in [0.3, 0.4) is 0 Å². The van der Waals surface area contributed by atoms with Crippen molar-refractivity contribution in [3.63, 3.8) is 0 Å². The zero-order chi connectivity index (χ0) is 13.1. The van der Waals surface area contributed by atoms with Crippen molar-refractivity contribution in [3.05, 3.63) is 24.3 Å². The van der Waals surface area contributed by atoms with Crippen molar-refractivity contribution >= 4 is 11.6 Å². The second-order valence-electron chi connectivity index (χ2n) is 4.87. The number of carbonyl (C=O) groups excluding carboxylic acids is 1. The Labute approximate surface area is 108 Å². The number of anilines is 1. The van der Waals surface area contributed by atoms with Gasteiger partial charge in [0.05, 0.1) is 7.11 Å². The van der Waals surface area contributed by atoms with Gasteiger partial charge in [0, 0.05) is 30.8 Å². The number of hydrogen-bond donors (Lipinski definition) is 1. The van der Waals surface area contributed by atoms with Gasteiger partial charge >= 0.3 is 0 Å². The van der Waals surface area contributed by atoms with Crippen molar-refractivity contribution < 1.29 is 9.53 Å². The van der Waals surface area contributed by atoms with Crippen LogP contribution in [-0.4, -0.2) is 26.1 Å². The molecule has 2 rings (SSSR count). The quantitative estimate of drug-likeness (QED) is 0.887. The van der Waals surface area contributed by atoms with Gasteiger partial charge in [0.25, 0.3) is 0 Å². The molecule has 2 atom stereocenters. The Bertz CT molecular complexity index is 434. The van der Waals surface area contributed by atoms with E-state index < -0.39 is 0 Å². The molecule has 0 radical (unpaired) electrons. The number of nitrogens with two attached hydrogens (primary N) is 1. The van der Waals surface area contributed by atoms with Gasteiger partial charge in [-0.15, -0.1) is 0 Å². The molecule has 1 aromatic rings. The lowest BCUT2D eigenvalue weighted by atomic mass is 10.1. The van der Waals surface area contributed by atoms with Crippen molar-refractivity contribution in [2.45, 2.75) is 25.3 Å². The number of nitrogens with zero attached hydrogens (tertiary/aromatic N) is 1. The predicted molar refractivity (Wildman–Crippen MR) is 71.7 cm³/mol. The highest BCUT2D eigenvalue weighted by Crippen LogP contribution is 2.28. The first-order valence-corrected chi connectivity index (χ1v) is 6.29.